The summed E-state index contributed by atoms with van der Waals surface area (Å²) >= 11 is 1.17. The summed E-state index contributed by atoms with van der Waals surface area (Å²) in [6.07, 6.45) is 0. The van der Waals surface area contributed by atoms with Crippen LogP contribution in [0.5, 0.6) is 5.75 Å². The largest absolute Gasteiger partial charge is 0.487 e. The monoisotopic (exact) mass is 412 g/mol. The Hall–Kier alpha value is -3.00. The van der Waals surface area contributed by atoms with E-state index in [4.69, 9.17) is 4.74 Å². The number of anilines is 1. The highest BCUT2D eigenvalue weighted by Gasteiger charge is 2.23. The van der Waals surface area contributed by atoms with Crippen LogP contribution >= 0.6 is 11.7 Å². The van der Waals surface area contributed by atoms with Crippen molar-refractivity contribution in [3.63, 3.8) is 0 Å². The average Bonchev–Trinajstić information content (AvgIpc) is 3.17. The normalized spacial score (nSPS) is 14.1. The number of piperazine rings is 1. The van der Waals surface area contributed by atoms with Crippen molar-refractivity contribution in [1.82, 2.24) is 13.6 Å². The zero-order chi connectivity index (χ0) is 20.2. The highest BCUT2D eigenvalue weighted by molar-refractivity contribution is 6.99. The van der Waals surface area contributed by atoms with Gasteiger partial charge >= 0.3 is 0 Å². The maximum absolute atomic E-state index is 14.0. The van der Waals surface area contributed by atoms with E-state index in [2.05, 4.69) is 8.75 Å². The minimum atomic E-state index is -0.230. The molecule has 0 bridgehead atoms. The molecule has 0 aliphatic carbocycles. The number of aromatic nitrogens is 2. The Labute approximate surface area is 172 Å². The lowest BCUT2D eigenvalue weighted by atomic mass is 10.1. The van der Waals surface area contributed by atoms with E-state index in [9.17, 15) is 9.18 Å². The number of amides is 1. The third-order valence-electron chi connectivity index (χ3n) is 4.98. The van der Waals surface area contributed by atoms with Gasteiger partial charge in [0.25, 0.3) is 5.91 Å². The van der Waals surface area contributed by atoms with Crippen LogP contribution in [0.4, 0.5) is 10.1 Å². The maximum Gasteiger partial charge on any atom is 0.253 e. The number of carbonyl (C=O) groups is 1. The Morgan fingerprint density at radius 2 is 1.79 bits per heavy atom. The number of ether oxygens (including phenoxy) is 1. The quantitative estimate of drug-likeness (QED) is 0.642. The molecular formula is C21H21FN4O2S. The molecule has 1 aliphatic heterocycles. The van der Waals surface area contributed by atoms with Gasteiger partial charge in [0.2, 0.25) is 0 Å². The van der Waals surface area contributed by atoms with Crippen LogP contribution in [0.1, 0.15) is 21.7 Å². The molecule has 3 aromatic rings. The van der Waals surface area contributed by atoms with Crippen LogP contribution in [0.25, 0.3) is 0 Å². The van der Waals surface area contributed by atoms with Crippen LogP contribution < -0.4 is 9.64 Å². The molecular weight excluding hydrogens is 391 g/mol. The van der Waals surface area contributed by atoms with Crippen molar-refractivity contribution < 1.29 is 13.9 Å². The molecule has 0 N–H and O–H groups in total. The highest BCUT2D eigenvalue weighted by Crippen LogP contribution is 2.21. The van der Waals surface area contributed by atoms with Crippen molar-refractivity contribution >= 4 is 23.3 Å². The molecule has 2 heterocycles. The number of hydrogen-bond acceptors (Lipinski definition) is 6. The fourth-order valence-electron chi connectivity index (χ4n) is 3.27. The zero-order valence-electron chi connectivity index (χ0n) is 16.0. The average molecular weight is 412 g/mol. The highest BCUT2D eigenvalue weighted by atomic mass is 32.1. The molecule has 0 saturated carbocycles. The Bertz CT molecular complexity index is 984. The number of aryl methyl sites for hydroxylation is 1. The van der Waals surface area contributed by atoms with E-state index in [0.29, 0.717) is 49.8 Å². The summed E-state index contributed by atoms with van der Waals surface area (Å²) in [5, 5.41) is 0. The summed E-state index contributed by atoms with van der Waals surface area (Å²) in [7, 11) is 0. The second-order valence-corrected chi connectivity index (χ2v) is 7.37. The summed E-state index contributed by atoms with van der Waals surface area (Å²) in [6, 6.07) is 13.9. The van der Waals surface area contributed by atoms with E-state index < -0.39 is 0 Å². The van der Waals surface area contributed by atoms with Gasteiger partial charge < -0.3 is 14.5 Å². The summed E-state index contributed by atoms with van der Waals surface area (Å²) in [5.41, 5.74) is 2.90. The predicted octanol–water partition coefficient (Wildman–Crippen LogP) is 3.53. The Morgan fingerprint density at radius 3 is 2.45 bits per heavy atom. The van der Waals surface area contributed by atoms with Crippen LogP contribution in [-0.2, 0) is 6.61 Å². The fraction of sp³-hybridized carbons (Fsp3) is 0.286. The molecule has 1 fully saturated rings. The molecule has 8 heteroatoms. The van der Waals surface area contributed by atoms with Crippen molar-refractivity contribution in [3.8, 4) is 5.75 Å². The summed E-state index contributed by atoms with van der Waals surface area (Å²) in [5.74, 6) is 0.425. The molecule has 150 valence electrons. The molecule has 1 amide bonds. The van der Waals surface area contributed by atoms with Crippen LogP contribution in [-0.4, -0.2) is 45.7 Å². The van der Waals surface area contributed by atoms with Gasteiger partial charge in [0.1, 0.15) is 23.9 Å². The number of carbonyl (C=O) groups excluding carboxylic acids is 1. The SMILES string of the molecule is Cc1nsnc1COc1ccc(C(=O)N2CCN(c3ccccc3F)CC2)cc1. The van der Waals surface area contributed by atoms with Crippen LogP contribution in [0, 0.1) is 12.7 Å². The smallest absolute Gasteiger partial charge is 0.253 e. The first kappa shape index (κ1) is 19.3. The molecule has 1 saturated heterocycles. The Kier molecular flexibility index (Phi) is 5.71. The van der Waals surface area contributed by atoms with E-state index in [-0.39, 0.29) is 11.7 Å². The van der Waals surface area contributed by atoms with Crippen molar-refractivity contribution in [3.05, 3.63) is 71.3 Å². The first-order chi connectivity index (χ1) is 14.1. The van der Waals surface area contributed by atoms with E-state index in [1.165, 1.54) is 17.8 Å². The number of halogens is 1. The minimum Gasteiger partial charge on any atom is -0.487 e. The van der Waals surface area contributed by atoms with E-state index >= 15 is 0 Å². The van der Waals surface area contributed by atoms with Gasteiger partial charge in [-0.05, 0) is 43.3 Å². The summed E-state index contributed by atoms with van der Waals surface area (Å²) in [6.45, 7) is 4.58. The first-order valence-electron chi connectivity index (χ1n) is 9.41. The molecule has 29 heavy (non-hydrogen) atoms. The second kappa shape index (κ2) is 8.57. The van der Waals surface area contributed by atoms with Crippen LogP contribution in [0.15, 0.2) is 48.5 Å². The van der Waals surface area contributed by atoms with E-state index in [1.54, 1.807) is 41.3 Å². The number of nitrogens with zero attached hydrogens (tertiary/aromatic N) is 4. The second-order valence-electron chi connectivity index (χ2n) is 6.84. The molecule has 2 aromatic carbocycles. The van der Waals surface area contributed by atoms with E-state index in [0.717, 1.165) is 11.4 Å². The number of benzene rings is 2. The van der Waals surface area contributed by atoms with Crippen molar-refractivity contribution in [2.45, 2.75) is 13.5 Å². The fourth-order valence-corrected chi connectivity index (χ4v) is 3.82. The van der Waals surface area contributed by atoms with Gasteiger partial charge in [-0.15, -0.1) is 0 Å². The number of para-hydroxylation sites is 1. The van der Waals surface area contributed by atoms with Gasteiger partial charge in [-0.2, -0.15) is 8.75 Å². The van der Waals surface area contributed by atoms with Gasteiger partial charge in [-0.25, -0.2) is 4.39 Å². The molecule has 1 aliphatic rings. The first-order valence-corrected chi connectivity index (χ1v) is 10.1. The van der Waals surface area contributed by atoms with Crippen molar-refractivity contribution in [2.24, 2.45) is 0 Å². The van der Waals surface area contributed by atoms with Gasteiger partial charge in [-0.3, -0.25) is 4.79 Å². The van der Waals surface area contributed by atoms with Crippen molar-refractivity contribution in [2.75, 3.05) is 31.1 Å². The van der Waals surface area contributed by atoms with Gasteiger partial charge in [0.05, 0.1) is 23.1 Å². The molecule has 0 radical (unpaired) electrons. The van der Waals surface area contributed by atoms with Gasteiger partial charge in [0, 0.05) is 31.7 Å². The lowest BCUT2D eigenvalue weighted by Gasteiger charge is -2.36. The lowest BCUT2D eigenvalue weighted by molar-refractivity contribution is 0.0746. The molecule has 4 rings (SSSR count). The third kappa shape index (κ3) is 4.37. The third-order valence-corrected chi connectivity index (χ3v) is 5.64. The van der Waals surface area contributed by atoms with E-state index in [1.807, 2.05) is 17.9 Å². The van der Waals surface area contributed by atoms with Crippen LogP contribution in [0.3, 0.4) is 0 Å². The van der Waals surface area contributed by atoms with Gasteiger partial charge in [0.15, 0.2) is 0 Å². The topological polar surface area (TPSA) is 58.6 Å². The lowest BCUT2D eigenvalue weighted by Crippen LogP contribution is -2.49. The summed E-state index contributed by atoms with van der Waals surface area (Å²) < 4.78 is 28.0. The standard InChI is InChI=1S/C21H21FN4O2S/c1-15-19(24-29-23-15)14-28-17-8-6-16(7-9-17)21(27)26-12-10-25(11-13-26)20-5-3-2-4-18(20)22/h2-9H,10-14H2,1H3. The zero-order valence-corrected chi connectivity index (χ0v) is 16.9. The Balaban J connectivity index is 1.33. The van der Waals surface area contributed by atoms with Crippen molar-refractivity contribution in [1.29, 1.82) is 0 Å². The maximum atomic E-state index is 14.0. The molecule has 0 atom stereocenters. The van der Waals surface area contributed by atoms with Crippen LogP contribution in [0.2, 0.25) is 0 Å². The molecule has 6 nitrogen and oxygen atoms in total. The number of hydrogen-bond donors (Lipinski definition) is 0. The molecule has 0 unspecified atom stereocenters. The molecule has 1 aromatic heterocycles. The predicted molar refractivity (Wildman–Crippen MR) is 110 cm³/mol. The summed E-state index contributed by atoms with van der Waals surface area (Å²) in [4.78, 5) is 16.6. The molecule has 0 spiro atoms. The Morgan fingerprint density at radius 1 is 1.07 bits per heavy atom. The number of rotatable bonds is 5. The minimum absolute atomic E-state index is 0.0238. The van der Waals surface area contributed by atoms with Gasteiger partial charge in [-0.1, -0.05) is 12.1 Å².